The molecule has 0 fully saturated rings. The van der Waals surface area contributed by atoms with Gasteiger partial charge < -0.3 is 28.5 Å². The highest BCUT2D eigenvalue weighted by atomic mass is 16.7. The SMILES string of the molecule is CC/C=C\C/C=C\C/C=C\C/C=C\C/C=C\C/C=C\C/C=C\C/C=C\C/C=C\CCCCCCCCCCCCCCCC(=O)OC(COC(=O)CCCCCCCCCCCCC/C=C\C/C=C\C/C=C\C/C=C\C/C=C\C/C=C\C/C=C\CC)COC(OCC[N+](C)(C)C)C(=O)O. The van der Waals surface area contributed by atoms with Gasteiger partial charge >= 0.3 is 17.9 Å². The van der Waals surface area contributed by atoms with Crippen molar-refractivity contribution in [2.75, 3.05) is 47.5 Å². The average Bonchev–Trinajstić information content (AvgIpc) is 2.62. The number of allylic oxidation sites excluding steroid dienone is 32. The van der Waals surface area contributed by atoms with Crippen molar-refractivity contribution in [1.82, 2.24) is 0 Å². The van der Waals surface area contributed by atoms with Crippen molar-refractivity contribution in [2.45, 2.75) is 309 Å². The molecule has 0 aromatic heterocycles. The summed E-state index contributed by atoms with van der Waals surface area (Å²) < 4.78 is 23.0. The Morgan fingerprint density at radius 1 is 0.303 bits per heavy atom. The summed E-state index contributed by atoms with van der Waals surface area (Å²) >= 11 is 0. The van der Waals surface area contributed by atoms with Crippen LogP contribution in [0.5, 0.6) is 0 Å². The third-order valence-corrected chi connectivity index (χ3v) is 16.3. The topological polar surface area (TPSA) is 108 Å². The highest BCUT2D eigenvalue weighted by Crippen LogP contribution is 2.17. The molecule has 2 unspecified atom stereocenters. The summed E-state index contributed by atoms with van der Waals surface area (Å²) in [5.41, 5.74) is 0. The second-order valence-electron chi connectivity index (χ2n) is 26.9. The van der Waals surface area contributed by atoms with E-state index in [1.165, 1.54) is 116 Å². The van der Waals surface area contributed by atoms with Crippen LogP contribution in [0.3, 0.4) is 0 Å². The van der Waals surface area contributed by atoms with Crippen LogP contribution >= 0.6 is 0 Å². The minimum absolute atomic E-state index is 0.179. The number of nitrogens with zero attached hydrogens (tertiary/aromatic N) is 1. The third kappa shape index (κ3) is 79.3. The van der Waals surface area contributed by atoms with Crippen LogP contribution in [0.4, 0.5) is 0 Å². The van der Waals surface area contributed by atoms with Crippen molar-refractivity contribution in [1.29, 1.82) is 0 Å². The van der Waals surface area contributed by atoms with Crippen LogP contribution in [0, 0.1) is 0 Å². The van der Waals surface area contributed by atoms with Gasteiger partial charge in [0.15, 0.2) is 6.10 Å². The molecular weight excluding hydrogens is 1220 g/mol. The number of unbranched alkanes of at least 4 members (excludes halogenated alkanes) is 24. The van der Waals surface area contributed by atoms with Crippen molar-refractivity contribution in [2.24, 2.45) is 0 Å². The maximum Gasteiger partial charge on any atom is 0.361 e. The Labute approximate surface area is 608 Å². The van der Waals surface area contributed by atoms with Gasteiger partial charge in [-0.25, -0.2) is 4.79 Å². The number of hydrogen-bond acceptors (Lipinski definition) is 7. The van der Waals surface area contributed by atoms with Crippen LogP contribution in [0.25, 0.3) is 0 Å². The zero-order valence-corrected chi connectivity index (χ0v) is 63.8. The van der Waals surface area contributed by atoms with E-state index in [0.29, 0.717) is 17.4 Å². The largest absolute Gasteiger partial charge is 0.477 e. The lowest BCUT2D eigenvalue weighted by atomic mass is 10.0. The van der Waals surface area contributed by atoms with E-state index >= 15 is 0 Å². The molecule has 0 aliphatic rings. The molecule has 2 atom stereocenters. The smallest absolute Gasteiger partial charge is 0.361 e. The number of hydrogen-bond donors (Lipinski definition) is 1. The van der Waals surface area contributed by atoms with Crippen molar-refractivity contribution in [3.05, 3.63) is 194 Å². The number of carboxylic acid groups (broad SMARTS) is 1. The van der Waals surface area contributed by atoms with Gasteiger partial charge in [0.1, 0.15) is 13.2 Å². The zero-order chi connectivity index (χ0) is 71.8. The normalized spacial score (nSPS) is 13.7. The van der Waals surface area contributed by atoms with Gasteiger partial charge in [0.05, 0.1) is 34.4 Å². The molecule has 0 heterocycles. The zero-order valence-electron chi connectivity index (χ0n) is 63.8. The molecule has 0 saturated carbocycles. The van der Waals surface area contributed by atoms with Crippen LogP contribution in [0.15, 0.2) is 194 Å². The molecule has 9 heteroatoms. The highest BCUT2D eigenvalue weighted by Gasteiger charge is 2.25. The summed E-state index contributed by atoms with van der Waals surface area (Å²) in [6, 6.07) is 0. The summed E-state index contributed by atoms with van der Waals surface area (Å²) in [6.45, 7) is 4.64. The first kappa shape index (κ1) is 93.1. The lowest BCUT2D eigenvalue weighted by Gasteiger charge is -2.25. The number of ether oxygens (including phenoxy) is 4. The molecular formula is C90H146NO8+. The third-order valence-electron chi connectivity index (χ3n) is 16.3. The van der Waals surface area contributed by atoms with Crippen molar-refractivity contribution in [3.63, 3.8) is 0 Å². The molecule has 0 aromatic carbocycles. The maximum atomic E-state index is 13.0. The monoisotopic (exact) mass is 1370 g/mol. The van der Waals surface area contributed by atoms with Crippen molar-refractivity contribution in [3.8, 4) is 0 Å². The number of carbonyl (C=O) groups excluding carboxylic acids is 2. The van der Waals surface area contributed by atoms with Gasteiger partial charge in [-0.15, -0.1) is 0 Å². The van der Waals surface area contributed by atoms with E-state index in [1.54, 1.807) is 0 Å². The number of aliphatic carboxylic acids is 1. The van der Waals surface area contributed by atoms with E-state index in [1.807, 2.05) is 21.1 Å². The average molecular weight is 1370 g/mol. The van der Waals surface area contributed by atoms with Gasteiger partial charge in [-0.05, 0) is 141 Å². The second kappa shape index (κ2) is 77.9. The fourth-order valence-corrected chi connectivity index (χ4v) is 10.4. The fourth-order valence-electron chi connectivity index (χ4n) is 10.4. The minimum atomic E-state index is -1.52. The predicted octanol–water partition coefficient (Wildman–Crippen LogP) is 25.7. The molecule has 0 saturated heterocycles. The van der Waals surface area contributed by atoms with Crippen LogP contribution in [0.2, 0.25) is 0 Å². The highest BCUT2D eigenvalue weighted by molar-refractivity contribution is 5.71. The molecule has 0 aliphatic carbocycles. The molecule has 0 aromatic rings. The first-order chi connectivity index (χ1) is 48.6. The standard InChI is InChI=1S/C90H145NO8/c1-6-8-10-12-14-16-18-20-22-24-26-28-30-32-34-36-38-40-41-42-43-44-45-46-47-49-51-53-55-57-59-61-63-65-67-69-71-73-75-77-79-81-88(93)99-86(85-98-90(89(94)95)96-83-82-91(3,4)5)84-97-87(92)80-78-76-74-72-70-68-66-64-62-60-58-56-54-52-50-48-39-37-35-33-31-29-27-25-23-21-19-17-15-13-11-9-7-2/h8-11,14-17,20-23,26-29,32-35,38-40,42-43,45-46,48-49,51-52,54,86,90H,6-7,12-13,18-19,24-25,30-31,36-37,41,44,47,50,53,55-85H2,1-5H3/p+1/b10-8-,11-9-,16-14-,17-15-,22-20-,23-21-,28-26-,29-27-,34-32-,35-33-,40-38-,43-42-,46-45-,48-39-,51-49-,54-52-. The van der Waals surface area contributed by atoms with E-state index in [2.05, 4.69) is 208 Å². The number of rotatable bonds is 71. The van der Waals surface area contributed by atoms with Gasteiger partial charge in [0.2, 0.25) is 0 Å². The predicted molar refractivity (Wildman–Crippen MR) is 428 cm³/mol. The Balaban J connectivity index is 4.11. The second-order valence-corrected chi connectivity index (χ2v) is 26.9. The number of quaternary nitrogens is 1. The molecule has 9 nitrogen and oxygen atoms in total. The summed E-state index contributed by atoms with van der Waals surface area (Å²) in [5.74, 6) is -2.02. The van der Waals surface area contributed by atoms with Gasteiger partial charge in [-0.2, -0.15) is 0 Å². The van der Waals surface area contributed by atoms with E-state index in [4.69, 9.17) is 18.9 Å². The van der Waals surface area contributed by atoms with Crippen LogP contribution in [-0.4, -0.2) is 87.4 Å². The number of esters is 2. The lowest BCUT2D eigenvalue weighted by molar-refractivity contribution is -0.870. The number of carboxylic acids is 1. The Morgan fingerprint density at radius 2 is 0.545 bits per heavy atom. The number of likely N-dealkylation sites (N-methyl/N-ethyl adjacent to an activating group) is 1. The lowest BCUT2D eigenvalue weighted by Crippen LogP contribution is -2.40. The molecule has 0 spiro atoms. The summed E-state index contributed by atoms with van der Waals surface area (Å²) in [5, 5.41) is 9.78. The molecule has 1 N–H and O–H groups in total. The van der Waals surface area contributed by atoms with Crippen LogP contribution in [0.1, 0.15) is 296 Å². The molecule has 0 amide bonds. The van der Waals surface area contributed by atoms with E-state index in [0.717, 1.165) is 148 Å². The summed E-state index contributed by atoms with van der Waals surface area (Å²) in [6.07, 6.45) is 117. The van der Waals surface area contributed by atoms with E-state index < -0.39 is 24.3 Å². The quantitative estimate of drug-likeness (QED) is 0.0211. The molecule has 0 radical (unpaired) electrons. The van der Waals surface area contributed by atoms with E-state index in [9.17, 15) is 19.5 Å². The Hall–Kier alpha value is -5.87. The molecule has 0 bridgehead atoms. The van der Waals surface area contributed by atoms with E-state index in [-0.39, 0.29) is 38.6 Å². The summed E-state index contributed by atoms with van der Waals surface area (Å²) in [4.78, 5) is 37.8. The Kier molecular flexibility index (Phi) is 73.2. The van der Waals surface area contributed by atoms with Crippen molar-refractivity contribution < 1.29 is 42.9 Å². The molecule has 558 valence electrons. The summed E-state index contributed by atoms with van der Waals surface area (Å²) in [7, 11) is 5.97. The molecule has 0 aliphatic heterocycles. The van der Waals surface area contributed by atoms with Gasteiger partial charge in [0.25, 0.3) is 6.29 Å². The maximum absolute atomic E-state index is 13.0. The molecule has 0 rings (SSSR count). The van der Waals surface area contributed by atoms with Crippen LogP contribution in [-0.2, 0) is 33.3 Å². The first-order valence-corrected chi connectivity index (χ1v) is 39.6. The van der Waals surface area contributed by atoms with Gasteiger partial charge in [-0.3, -0.25) is 9.59 Å². The fraction of sp³-hybridized carbons (Fsp3) is 0.611. The van der Waals surface area contributed by atoms with Gasteiger partial charge in [0, 0.05) is 12.8 Å². The number of carbonyl (C=O) groups is 3. The Morgan fingerprint density at radius 3 is 0.808 bits per heavy atom. The van der Waals surface area contributed by atoms with Gasteiger partial charge in [-0.1, -0.05) is 337 Å². The van der Waals surface area contributed by atoms with Crippen molar-refractivity contribution >= 4 is 17.9 Å². The Bertz CT molecular complexity index is 2340. The van der Waals surface area contributed by atoms with Crippen LogP contribution < -0.4 is 0 Å². The first-order valence-electron chi connectivity index (χ1n) is 39.6. The minimum Gasteiger partial charge on any atom is -0.477 e. The molecule has 99 heavy (non-hydrogen) atoms.